The number of carbonyl (C=O) groups excluding carboxylic acids is 2. The Morgan fingerprint density at radius 2 is 1.72 bits per heavy atom. The zero-order valence-corrected chi connectivity index (χ0v) is 11.8. The lowest BCUT2D eigenvalue weighted by Crippen LogP contribution is -2.67. The highest BCUT2D eigenvalue weighted by Crippen LogP contribution is 2.31. The molecule has 1 saturated carbocycles. The molecular formula is C14H24N2O2. The van der Waals surface area contributed by atoms with E-state index < -0.39 is 0 Å². The zero-order chi connectivity index (χ0) is 13.5. The summed E-state index contributed by atoms with van der Waals surface area (Å²) >= 11 is 0. The third-order valence-corrected chi connectivity index (χ3v) is 4.17. The third kappa shape index (κ3) is 2.25. The molecule has 2 amide bonds. The Bertz CT molecular complexity index is 353. The Balaban J connectivity index is 2.25. The summed E-state index contributed by atoms with van der Waals surface area (Å²) in [6.45, 7) is 7.83. The van der Waals surface area contributed by atoms with Crippen LogP contribution in [-0.2, 0) is 9.59 Å². The van der Waals surface area contributed by atoms with E-state index in [2.05, 4.69) is 5.32 Å². The van der Waals surface area contributed by atoms with Crippen LogP contribution >= 0.6 is 0 Å². The van der Waals surface area contributed by atoms with Crippen LogP contribution in [0.2, 0.25) is 0 Å². The van der Waals surface area contributed by atoms with Crippen LogP contribution in [0, 0.1) is 5.41 Å². The van der Waals surface area contributed by atoms with Crippen LogP contribution in [0.1, 0.15) is 53.4 Å². The summed E-state index contributed by atoms with van der Waals surface area (Å²) < 4.78 is 0. The van der Waals surface area contributed by atoms with Crippen molar-refractivity contribution in [2.75, 3.05) is 0 Å². The molecule has 18 heavy (non-hydrogen) atoms. The molecule has 1 saturated heterocycles. The molecule has 1 heterocycles. The van der Waals surface area contributed by atoms with Crippen LogP contribution in [0.4, 0.5) is 0 Å². The van der Waals surface area contributed by atoms with E-state index in [-0.39, 0.29) is 35.4 Å². The van der Waals surface area contributed by atoms with Gasteiger partial charge in [0, 0.05) is 6.04 Å². The summed E-state index contributed by atoms with van der Waals surface area (Å²) in [5, 5.41) is 2.88. The minimum absolute atomic E-state index is 0.0126. The molecule has 0 bridgehead atoms. The fraction of sp³-hybridized carbons (Fsp3) is 0.857. The molecule has 2 unspecified atom stereocenters. The second kappa shape index (κ2) is 4.56. The van der Waals surface area contributed by atoms with E-state index in [1.807, 2.05) is 32.6 Å². The second-order valence-corrected chi connectivity index (χ2v) is 6.67. The van der Waals surface area contributed by atoms with Gasteiger partial charge in [-0.25, -0.2) is 0 Å². The molecule has 1 N–H and O–H groups in total. The van der Waals surface area contributed by atoms with Crippen LogP contribution in [0.15, 0.2) is 0 Å². The Labute approximate surface area is 109 Å². The number of rotatable bonds is 1. The number of hydrogen-bond donors (Lipinski definition) is 1. The van der Waals surface area contributed by atoms with E-state index in [0.717, 1.165) is 12.8 Å². The van der Waals surface area contributed by atoms with Crippen molar-refractivity contribution in [3.63, 3.8) is 0 Å². The number of nitrogens with zero attached hydrogens (tertiary/aromatic N) is 1. The van der Waals surface area contributed by atoms with E-state index in [1.165, 1.54) is 12.8 Å². The Morgan fingerprint density at radius 1 is 1.17 bits per heavy atom. The number of carbonyl (C=O) groups is 2. The third-order valence-electron chi connectivity index (χ3n) is 4.17. The molecule has 0 aromatic rings. The van der Waals surface area contributed by atoms with Crippen molar-refractivity contribution < 1.29 is 9.59 Å². The van der Waals surface area contributed by atoms with Crippen molar-refractivity contribution >= 4 is 11.8 Å². The van der Waals surface area contributed by atoms with Crippen LogP contribution in [0.25, 0.3) is 0 Å². The predicted octanol–water partition coefficient (Wildman–Crippen LogP) is 1.69. The highest BCUT2D eigenvalue weighted by atomic mass is 16.2. The largest absolute Gasteiger partial charge is 0.342 e. The monoisotopic (exact) mass is 252 g/mol. The smallest absolute Gasteiger partial charge is 0.246 e. The summed E-state index contributed by atoms with van der Waals surface area (Å²) in [7, 11) is 0. The van der Waals surface area contributed by atoms with Gasteiger partial charge in [-0.15, -0.1) is 0 Å². The second-order valence-electron chi connectivity index (χ2n) is 6.67. The van der Waals surface area contributed by atoms with Crippen molar-refractivity contribution in [2.45, 2.75) is 71.5 Å². The van der Waals surface area contributed by atoms with Gasteiger partial charge in [-0.05, 0) is 25.2 Å². The standard InChI is InChI=1S/C14H24N2O2/c1-9-12(17)15-11(14(2,3)4)13(18)16(9)10-7-5-6-8-10/h9-11H,5-8H2,1-4H3,(H,15,17). The fourth-order valence-corrected chi connectivity index (χ4v) is 3.06. The molecule has 2 aliphatic rings. The highest BCUT2D eigenvalue weighted by molar-refractivity contribution is 5.97. The van der Waals surface area contributed by atoms with Crippen molar-refractivity contribution in [3.8, 4) is 0 Å². The summed E-state index contributed by atoms with van der Waals surface area (Å²) in [5.74, 6) is 0.0860. The summed E-state index contributed by atoms with van der Waals surface area (Å²) in [6.07, 6.45) is 4.42. The van der Waals surface area contributed by atoms with Crippen molar-refractivity contribution in [2.24, 2.45) is 5.41 Å². The average Bonchev–Trinajstić information content (AvgIpc) is 2.75. The Kier molecular flexibility index (Phi) is 3.39. The summed E-state index contributed by atoms with van der Waals surface area (Å²) in [5.41, 5.74) is -0.232. The van der Waals surface area contributed by atoms with Crippen molar-refractivity contribution in [1.29, 1.82) is 0 Å². The Hall–Kier alpha value is -1.06. The van der Waals surface area contributed by atoms with Gasteiger partial charge in [-0.3, -0.25) is 9.59 Å². The minimum atomic E-state index is -0.387. The highest BCUT2D eigenvalue weighted by Gasteiger charge is 2.46. The summed E-state index contributed by atoms with van der Waals surface area (Å²) in [4.78, 5) is 26.5. The molecule has 1 aliphatic carbocycles. The molecule has 4 nitrogen and oxygen atoms in total. The molecule has 2 fully saturated rings. The van der Waals surface area contributed by atoms with Gasteiger partial charge in [0.05, 0.1) is 0 Å². The van der Waals surface area contributed by atoms with Gasteiger partial charge in [0.2, 0.25) is 11.8 Å². The quantitative estimate of drug-likeness (QED) is 0.772. The molecular weight excluding hydrogens is 228 g/mol. The van der Waals surface area contributed by atoms with E-state index in [1.54, 1.807) is 0 Å². The number of amides is 2. The lowest BCUT2D eigenvalue weighted by molar-refractivity contribution is -0.154. The van der Waals surface area contributed by atoms with Gasteiger partial charge in [0.15, 0.2) is 0 Å². The van der Waals surface area contributed by atoms with Crippen LogP contribution in [0.5, 0.6) is 0 Å². The van der Waals surface area contributed by atoms with Crippen LogP contribution in [0.3, 0.4) is 0 Å². The van der Waals surface area contributed by atoms with Crippen molar-refractivity contribution in [3.05, 3.63) is 0 Å². The average molecular weight is 252 g/mol. The van der Waals surface area contributed by atoms with Gasteiger partial charge >= 0.3 is 0 Å². The number of hydrogen-bond acceptors (Lipinski definition) is 2. The van der Waals surface area contributed by atoms with Gasteiger partial charge in [0.25, 0.3) is 0 Å². The first kappa shape index (κ1) is 13.4. The van der Waals surface area contributed by atoms with Crippen LogP contribution in [-0.4, -0.2) is 34.8 Å². The van der Waals surface area contributed by atoms with Crippen molar-refractivity contribution in [1.82, 2.24) is 10.2 Å². The number of nitrogens with one attached hydrogen (secondary N) is 1. The molecule has 4 heteroatoms. The Morgan fingerprint density at radius 3 is 2.22 bits per heavy atom. The molecule has 0 spiro atoms. The molecule has 102 valence electrons. The molecule has 2 atom stereocenters. The first-order valence-electron chi connectivity index (χ1n) is 6.95. The van der Waals surface area contributed by atoms with Gasteiger partial charge in [0.1, 0.15) is 12.1 Å². The molecule has 0 aromatic heterocycles. The first-order valence-corrected chi connectivity index (χ1v) is 6.95. The zero-order valence-electron chi connectivity index (χ0n) is 11.8. The molecule has 1 aliphatic heterocycles. The molecule has 2 rings (SSSR count). The van der Waals surface area contributed by atoms with E-state index in [4.69, 9.17) is 0 Å². The number of piperazine rings is 1. The summed E-state index contributed by atoms with van der Waals surface area (Å²) in [6, 6.07) is -0.440. The SMILES string of the molecule is CC1C(=O)NC(C(C)(C)C)C(=O)N1C1CCCC1. The lowest BCUT2D eigenvalue weighted by atomic mass is 9.83. The lowest BCUT2D eigenvalue weighted by Gasteiger charge is -2.44. The first-order chi connectivity index (χ1) is 8.32. The maximum Gasteiger partial charge on any atom is 0.246 e. The maximum atomic E-state index is 12.6. The predicted molar refractivity (Wildman–Crippen MR) is 69.9 cm³/mol. The van der Waals surface area contributed by atoms with E-state index >= 15 is 0 Å². The van der Waals surface area contributed by atoms with E-state index in [9.17, 15) is 9.59 Å². The molecule has 0 aromatic carbocycles. The topological polar surface area (TPSA) is 49.4 Å². The fourth-order valence-electron chi connectivity index (χ4n) is 3.06. The minimum Gasteiger partial charge on any atom is -0.342 e. The van der Waals surface area contributed by atoms with Crippen LogP contribution < -0.4 is 5.32 Å². The molecule has 0 radical (unpaired) electrons. The maximum absolute atomic E-state index is 12.6. The van der Waals surface area contributed by atoms with Gasteiger partial charge < -0.3 is 10.2 Å². The van der Waals surface area contributed by atoms with Gasteiger partial charge in [-0.2, -0.15) is 0 Å². The van der Waals surface area contributed by atoms with Gasteiger partial charge in [-0.1, -0.05) is 33.6 Å². The van der Waals surface area contributed by atoms with E-state index in [0.29, 0.717) is 0 Å². The normalized spacial score (nSPS) is 30.8.